The third-order valence-corrected chi connectivity index (χ3v) is 3.85. The first-order chi connectivity index (χ1) is 10.1. The average molecular weight is 283 g/mol. The molecule has 2 aromatic rings. The van der Waals surface area contributed by atoms with E-state index in [9.17, 15) is 9.90 Å². The summed E-state index contributed by atoms with van der Waals surface area (Å²) in [4.78, 5) is 14.0. The molecule has 0 spiro atoms. The number of anilines is 1. The van der Waals surface area contributed by atoms with Crippen molar-refractivity contribution in [1.82, 2.24) is 0 Å². The number of benzene rings is 2. The molecule has 0 radical (unpaired) electrons. The van der Waals surface area contributed by atoms with Gasteiger partial charge in [0, 0.05) is 19.5 Å². The molecule has 0 saturated heterocycles. The molecule has 0 bridgehead atoms. The number of phenols is 1. The van der Waals surface area contributed by atoms with E-state index >= 15 is 0 Å². The van der Waals surface area contributed by atoms with Crippen LogP contribution in [0.5, 0.6) is 11.5 Å². The van der Waals surface area contributed by atoms with Crippen molar-refractivity contribution in [2.45, 2.75) is 19.4 Å². The van der Waals surface area contributed by atoms with Gasteiger partial charge in [0.15, 0.2) is 6.10 Å². The highest BCUT2D eigenvalue weighted by molar-refractivity contribution is 5.99. The fraction of sp³-hybridized carbons (Fsp3) is 0.235. The summed E-state index contributed by atoms with van der Waals surface area (Å²) < 4.78 is 5.80. The van der Waals surface area contributed by atoms with Crippen LogP contribution in [0, 0.1) is 6.92 Å². The third kappa shape index (κ3) is 2.44. The van der Waals surface area contributed by atoms with E-state index in [1.165, 1.54) is 0 Å². The van der Waals surface area contributed by atoms with E-state index in [0.29, 0.717) is 17.9 Å². The normalized spacial score (nSPS) is 17.3. The number of aromatic hydroxyl groups is 1. The van der Waals surface area contributed by atoms with Crippen LogP contribution in [0.2, 0.25) is 0 Å². The van der Waals surface area contributed by atoms with Gasteiger partial charge < -0.3 is 14.7 Å². The minimum atomic E-state index is -0.564. The molecule has 1 heterocycles. The molecule has 3 rings (SSSR count). The summed E-state index contributed by atoms with van der Waals surface area (Å²) in [6.07, 6.45) is -0.0457. The topological polar surface area (TPSA) is 49.8 Å². The van der Waals surface area contributed by atoms with Gasteiger partial charge in [-0.05, 0) is 30.2 Å². The van der Waals surface area contributed by atoms with Crippen LogP contribution in [0.1, 0.15) is 11.1 Å². The van der Waals surface area contributed by atoms with Crippen LogP contribution < -0.4 is 9.64 Å². The van der Waals surface area contributed by atoms with Gasteiger partial charge in [0.05, 0.1) is 5.69 Å². The summed E-state index contributed by atoms with van der Waals surface area (Å²) >= 11 is 0. The lowest BCUT2D eigenvalue weighted by molar-refractivity contribution is -0.125. The van der Waals surface area contributed by atoms with Gasteiger partial charge in [-0.25, -0.2) is 0 Å². The second-order valence-electron chi connectivity index (χ2n) is 5.29. The Morgan fingerprint density at radius 2 is 2.00 bits per heavy atom. The molecular formula is C17H17NO3. The first kappa shape index (κ1) is 13.5. The fourth-order valence-corrected chi connectivity index (χ4v) is 2.58. The predicted molar refractivity (Wildman–Crippen MR) is 80.8 cm³/mol. The molecule has 0 aromatic heterocycles. The Kier molecular flexibility index (Phi) is 3.29. The second kappa shape index (κ2) is 5.13. The van der Waals surface area contributed by atoms with Crippen molar-refractivity contribution < 1.29 is 14.6 Å². The summed E-state index contributed by atoms with van der Waals surface area (Å²) in [7, 11) is 1.73. The molecule has 1 aliphatic rings. The zero-order valence-electron chi connectivity index (χ0n) is 12.0. The minimum Gasteiger partial charge on any atom is -0.508 e. The van der Waals surface area contributed by atoms with Crippen LogP contribution >= 0.6 is 0 Å². The molecular weight excluding hydrogens is 266 g/mol. The van der Waals surface area contributed by atoms with Gasteiger partial charge in [-0.1, -0.05) is 24.3 Å². The number of fused-ring (bicyclic) bond motifs is 1. The number of nitrogens with zero attached hydrogens (tertiary/aromatic N) is 1. The van der Waals surface area contributed by atoms with Crippen LogP contribution in [-0.2, 0) is 11.2 Å². The van der Waals surface area contributed by atoms with Crippen molar-refractivity contribution in [3.63, 3.8) is 0 Å². The third-order valence-electron chi connectivity index (χ3n) is 3.85. The van der Waals surface area contributed by atoms with Crippen molar-refractivity contribution in [3.05, 3.63) is 53.6 Å². The summed E-state index contributed by atoms with van der Waals surface area (Å²) in [5.74, 6) is 0.596. The number of phenolic OH excluding ortho intramolecular Hbond substituents is 1. The molecule has 4 nitrogen and oxygen atoms in total. The van der Waals surface area contributed by atoms with Gasteiger partial charge in [0.1, 0.15) is 11.5 Å². The zero-order valence-corrected chi connectivity index (χ0v) is 12.0. The number of rotatable bonds is 2. The zero-order chi connectivity index (χ0) is 15.0. The van der Waals surface area contributed by atoms with E-state index in [-0.39, 0.29) is 11.7 Å². The van der Waals surface area contributed by atoms with Crippen molar-refractivity contribution in [2.75, 3.05) is 11.9 Å². The van der Waals surface area contributed by atoms with E-state index in [1.807, 2.05) is 31.2 Å². The average Bonchev–Trinajstić information content (AvgIpc) is 2.46. The number of aryl methyl sites for hydroxylation is 1. The highest BCUT2D eigenvalue weighted by atomic mass is 16.5. The lowest BCUT2D eigenvalue weighted by Gasteiger charge is -2.32. The number of hydrogen-bond acceptors (Lipinski definition) is 3. The molecule has 0 saturated carbocycles. The van der Waals surface area contributed by atoms with Crippen LogP contribution in [0.15, 0.2) is 42.5 Å². The minimum absolute atomic E-state index is 0.0727. The Hall–Kier alpha value is -2.49. The molecule has 2 aromatic carbocycles. The molecule has 1 aliphatic heterocycles. The molecule has 1 unspecified atom stereocenters. The second-order valence-corrected chi connectivity index (χ2v) is 5.29. The first-order valence-corrected chi connectivity index (χ1v) is 6.88. The van der Waals surface area contributed by atoms with Gasteiger partial charge in [-0.3, -0.25) is 4.79 Å². The van der Waals surface area contributed by atoms with Crippen LogP contribution in [0.25, 0.3) is 0 Å². The van der Waals surface area contributed by atoms with Crippen LogP contribution in [-0.4, -0.2) is 24.2 Å². The molecule has 1 atom stereocenters. The maximum Gasteiger partial charge on any atom is 0.268 e. The molecule has 4 heteroatoms. The molecule has 1 amide bonds. The van der Waals surface area contributed by atoms with E-state index < -0.39 is 6.10 Å². The Labute approximate surface area is 123 Å². The van der Waals surface area contributed by atoms with Gasteiger partial charge >= 0.3 is 0 Å². The SMILES string of the molecule is Cc1ccccc1CC1Oc2cc(O)ccc2N(C)C1=O. The van der Waals surface area contributed by atoms with Crippen molar-refractivity contribution in [2.24, 2.45) is 0 Å². The predicted octanol–water partition coefficient (Wildman–Crippen LogP) is 2.67. The molecule has 1 N–H and O–H groups in total. The molecule has 0 fully saturated rings. The summed E-state index contributed by atoms with van der Waals surface area (Å²) in [5, 5.41) is 9.58. The Balaban J connectivity index is 1.91. The monoisotopic (exact) mass is 283 g/mol. The first-order valence-electron chi connectivity index (χ1n) is 6.88. The number of carbonyl (C=O) groups excluding carboxylic acids is 1. The Bertz CT molecular complexity index is 696. The lowest BCUT2D eigenvalue weighted by atomic mass is 10.0. The quantitative estimate of drug-likeness (QED) is 0.922. The van der Waals surface area contributed by atoms with Gasteiger partial charge in [-0.15, -0.1) is 0 Å². The number of carbonyl (C=O) groups is 1. The van der Waals surface area contributed by atoms with Crippen molar-refractivity contribution in [3.8, 4) is 11.5 Å². The van der Waals surface area contributed by atoms with Crippen molar-refractivity contribution >= 4 is 11.6 Å². The van der Waals surface area contributed by atoms with Gasteiger partial charge in [0.2, 0.25) is 0 Å². The highest BCUT2D eigenvalue weighted by Crippen LogP contribution is 2.36. The fourth-order valence-electron chi connectivity index (χ4n) is 2.58. The smallest absolute Gasteiger partial charge is 0.268 e. The maximum absolute atomic E-state index is 12.4. The highest BCUT2D eigenvalue weighted by Gasteiger charge is 2.32. The number of likely N-dealkylation sites (N-methyl/N-ethyl adjacent to an activating group) is 1. The number of amides is 1. The van der Waals surface area contributed by atoms with E-state index in [1.54, 1.807) is 30.1 Å². The van der Waals surface area contributed by atoms with Crippen LogP contribution in [0.3, 0.4) is 0 Å². The van der Waals surface area contributed by atoms with Crippen LogP contribution in [0.4, 0.5) is 5.69 Å². The van der Waals surface area contributed by atoms with Gasteiger partial charge in [-0.2, -0.15) is 0 Å². The Morgan fingerprint density at radius 3 is 2.76 bits per heavy atom. The van der Waals surface area contributed by atoms with Crippen molar-refractivity contribution in [1.29, 1.82) is 0 Å². The summed E-state index contributed by atoms with van der Waals surface area (Å²) in [6, 6.07) is 12.7. The summed E-state index contributed by atoms with van der Waals surface area (Å²) in [6.45, 7) is 2.02. The van der Waals surface area contributed by atoms with E-state index in [2.05, 4.69) is 0 Å². The van der Waals surface area contributed by atoms with E-state index in [4.69, 9.17) is 4.74 Å². The standard InChI is InChI=1S/C17H17NO3/c1-11-5-3-4-6-12(11)9-16-17(20)18(2)14-8-7-13(19)10-15(14)21-16/h3-8,10,16,19H,9H2,1-2H3. The lowest BCUT2D eigenvalue weighted by Crippen LogP contribution is -2.44. The number of ether oxygens (including phenoxy) is 1. The number of hydrogen-bond donors (Lipinski definition) is 1. The molecule has 108 valence electrons. The summed E-state index contributed by atoms with van der Waals surface area (Å²) in [5.41, 5.74) is 2.91. The van der Waals surface area contributed by atoms with Gasteiger partial charge in [0.25, 0.3) is 5.91 Å². The van der Waals surface area contributed by atoms with E-state index in [0.717, 1.165) is 11.1 Å². The Morgan fingerprint density at radius 1 is 1.24 bits per heavy atom. The largest absolute Gasteiger partial charge is 0.508 e. The molecule has 21 heavy (non-hydrogen) atoms. The molecule has 0 aliphatic carbocycles. The maximum atomic E-state index is 12.4.